The molecule has 0 bridgehead atoms. The maximum Gasteiger partial charge on any atom is 0.243 e. The summed E-state index contributed by atoms with van der Waals surface area (Å²) in [6.45, 7) is 5.15. The van der Waals surface area contributed by atoms with Gasteiger partial charge in [0.15, 0.2) is 5.96 Å². The van der Waals surface area contributed by atoms with Crippen LogP contribution in [0.4, 0.5) is 0 Å². The van der Waals surface area contributed by atoms with Gasteiger partial charge in [-0.3, -0.25) is 4.79 Å². The van der Waals surface area contributed by atoms with Gasteiger partial charge in [0.1, 0.15) is 6.54 Å². The summed E-state index contributed by atoms with van der Waals surface area (Å²) in [5.41, 5.74) is 0. The van der Waals surface area contributed by atoms with E-state index in [-0.39, 0.29) is 12.5 Å². The molecule has 0 aliphatic heterocycles. The van der Waals surface area contributed by atoms with Crippen molar-refractivity contribution in [3.63, 3.8) is 0 Å². The van der Waals surface area contributed by atoms with Crippen LogP contribution < -0.4 is 5.32 Å². The maximum atomic E-state index is 11.8. The number of aliphatic imine (C=N–C) groups is 1. The monoisotopic (exact) mass is 388 g/mol. The topological polar surface area (TPSA) is 47.9 Å². The predicted molar refractivity (Wildman–Crippen MR) is 97.4 cm³/mol. The van der Waals surface area contributed by atoms with Gasteiger partial charge in [0.25, 0.3) is 0 Å². The molecule has 0 saturated heterocycles. The SMILES string of the molecule is CCC(C)NC(=NCC(=O)N(C)C)N(C)Cc1ccc(Br)s1. The van der Waals surface area contributed by atoms with Gasteiger partial charge in [0.05, 0.1) is 10.3 Å². The molecule has 0 aliphatic carbocycles. The minimum Gasteiger partial charge on any atom is -0.354 e. The van der Waals surface area contributed by atoms with Gasteiger partial charge in [-0.15, -0.1) is 11.3 Å². The first-order chi connectivity index (χ1) is 10.3. The van der Waals surface area contributed by atoms with Crippen LogP contribution in [0.25, 0.3) is 0 Å². The third-order valence-electron chi connectivity index (χ3n) is 3.23. The van der Waals surface area contributed by atoms with Gasteiger partial charge < -0.3 is 15.1 Å². The first kappa shape index (κ1) is 19.0. The smallest absolute Gasteiger partial charge is 0.243 e. The van der Waals surface area contributed by atoms with Crippen LogP contribution in [0.1, 0.15) is 25.1 Å². The molecule has 124 valence electrons. The van der Waals surface area contributed by atoms with Gasteiger partial charge >= 0.3 is 0 Å². The predicted octanol–water partition coefficient (Wildman–Crippen LogP) is 2.77. The summed E-state index contributed by atoms with van der Waals surface area (Å²) in [5.74, 6) is 0.754. The number of likely N-dealkylation sites (N-methyl/N-ethyl adjacent to an activating group) is 1. The van der Waals surface area contributed by atoms with Gasteiger partial charge in [-0.25, -0.2) is 4.99 Å². The average Bonchev–Trinajstić information content (AvgIpc) is 2.87. The van der Waals surface area contributed by atoms with E-state index in [1.807, 2.05) is 18.0 Å². The molecule has 0 fully saturated rings. The van der Waals surface area contributed by atoms with E-state index in [1.54, 1.807) is 30.3 Å². The van der Waals surface area contributed by atoms with Crippen molar-refractivity contribution in [2.45, 2.75) is 32.9 Å². The van der Waals surface area contributed by atoms with Crippen LogP contribution in [-0.4, -0.2) is 55.4 Å². The number of thiophene rings is 1. The average molecular weight is 389 g/mol. The van der Waals surface area contributed by atoms with Crippen molar-refractivity contribution in [1.82, 2.24) is 15.1 Å². The number of amides is 1. The van der Waals surface area contributed by atoms with Crippen LogP contribution in [0.15, 0.2) is 20.9 Å². The molecule has 0 spiro atoms. The van der Waals surface area contributed by atoms with Crippen LogP contribution in [0, 0.1) is 0 Å². The summed E-state index contributed by atoms with van der Waals surface area (Å²) < 4.78 is 1.12. The summed E-state index contributed by atoms with van der Waals surface area (Å²) in [6, 6.07) is 4.45. The summed E-state index contributed by atoms with van der Waals surface area (Å²) >= 11 is 5.18. The zero-order valence-corrected chi connectivity index (χ0v) is 16.3. The fourth-order valence-corrected chi connectivity index (χ4v) is 3.17. The van der Waals surface area contributed by atoms with Crippen molar-refractivity contribution in [1.29, 1.82) is 0 Å². The molecule has 7 heteroatoms. The number of halogens is 1. The maximum absolute atomic E-state index is 11.8. The van der Waals surface area contributed by atoms with E-state index >= 15 is 0 Å². The van der Waals surface area contributed by atoms with Crippen molar-refractivity contribution in [2.75, 3.05) is 27.7 Å². The Labute approximate surface area is 145 Å². The molecule has 0 saturated carbocycles. The van der Waals surface area contributed by atoms with E-state index in [4.69, 9.17) is 0 Å². The Morgan fingerprint density at radius 1 is 1.41 bits per heavy atom. The number of hydrogen-bond donors (Lipinski definition) is 1. The van der Waals surface area contributed by atoms with E-state index < -0.39 is 0 Å². The van der Waals surface area contributed by atoms with Gasteiger partial charge in [-0.05, 0) is 41.4 Å². The molecule has 1 amide bonds. The van der Waals surface area contributed by atoms with Gasteiger partial charge in [0, 0.05) is 32.1 Å². The van der Waals surface area contributed by atoms with Crippen LogP contribution >= 0.6 is 27.3 Å². The third kappa shape index (κ3) is 6.36. The fourth-order valence-electron chi connectivity index (χ4n) is 1.63. The highest BCUT2D eigenvalue weighted by molar-refractivity contribution is 9.11. The molecular weight excluding hydrogens is 364 g/mol. The van der Waals surface area contributed by atoms with E-state index in [0.717, 1.165) is 22.7 Å². The first-order valence-electron chi connectivity index (χ1n) is 7.30. The van der Waals surface area contributed by atoms with E-state index in [1.165, 1.54) is 4.88 Å². The second-order valence-corrected chi connectivity index (χ2v) is 7.99. The van der Waals surface area contributed by atoms with Crippen molar-refractivity contribution < 1.29 is 4.79 Å². The van der Waals surface area contributed by atoms with E-state index in [0.29, 0.717) is 6.04 Å². The molecule has 1 N–H and O–H groups in total. The summed E-state index contributed by atoms with van der Waals surface area (Å²) in [4.78, 5) is 21.1. The van der Waals surface area contributed by atoms with E-state index in [2.05, 4.69) is 46.2 Å². The molecule has 1 unspecified atom stereocenters. The second kappa shape index (κ2) is 9.15. The van der Waals surface area contributed by atoms with Crippen LogP contribution in [0.5, 0.6) is 0 Å². The van der Waals surface area contributed by atoms with Crippen molar-refractivity contribution >= 4 is 39.1 Å². The zero-order valence-electron chi connectivity index (χ0n) is 13.9. The fraction of sp³-hybridized carbons (Fsp3) is 0.600. The molecule has 5 nitrogen and oxygen atoms in total. The lowest BCUT2D eigenvalue weighted by Gasteiger charge is -2.25. The van der Waals surface area contributed by atoms with Crippen molar-refractivity contribution in [2.24, 2.45) is 4.99 Å². The van der Waals surface area contributed by atoms with Gasteiger partial charge in [-0.2, -0.15) is 0 Å². The number of guanidine groups is 1. The first-order valence-corrected chi connectivity index (χ1v) is 8.90. The number of nitrogens with one attached hydrogen (secondary N) is 1. The molecular formula is C15H25BrN4OS. The van der Waals surface area contributed by atoms with Gasteiger partial charge in [-0.1, -0.05) is 6.92 Å². The molecule has 1 atom stereocenters. The van der Waals surface area contributed by atoms with E-state index in [9.17, 15) is 4.79 Å². The summed E-state index contributed by atoms with van der Waals surface area (Å²) in [6.07, 6.45) is 0.999. The Balaban J connectivity index is 2.78. The summed E-state index contributed by atoms with van der Waals surface area (Å²) in [7, 11) is 5.47. The minimum atomic E-state index is -0.00396. The molecule has 0 radical (unpaired) electrons. The third-order valence-corrected chi connectivity index (χ3v) is 4.84. The molecule has 1 rings (SSSR count). The standard InChI is InChI=1S/C15H25BrN4OS/c1-6-11(2)18-15(17-9-14(21)19(3)4)20(5)10-12-7-8-13(16)22-12/h7-8,11H,6,9-10H2,1-5H3,(H,17,18). The summed E-state index contributed by atoms with van der Waals surface area (Å²) in [5, 5.41) is 3.39. The zero-order chi connectivity index (χ0) is 16.7. The second-order valence-electron chi connectivity index (χ2n) is 5.44. The highest BCUT2D eigenvalue weighted by Gasteiger charge is 2.12. The molecule has 1 heterocycles. The largest absolute Gasteiger partial charge is 0.354 e. The highest BCUT2D eigenvalue weighted by Crippen LogP contribution is 2.23. The number of hydrogen-bond acceptors (Lipinski definition) is 3. The lowest BCUT2D eigenvalue weighted by molar-refractivity contribution is -0.127. The lowest BCUT2D eigenvalue weighted by Crippen LogP contribution is -2.43. The number of carbonyl (C=O) groups excluding carboxylic acids is 1. The quantitative estimate of drug-likeness (QED) is 0.601. The Morgan fingerprint density at radius 2 is 2.09 bits per heavy atom. The number of carbonyl (C=O) groups is 1. The van der Waals surface area contributed by atoms with Crippen LogP contribution in [0.2, 0.25) is 0 Å². The molecule has 22 heavy (non-hydrogen) atoms. The Hall–Kier alpha value is -1.08. The normalized spacial score (nSPS) is 12.9. The van der Waals surface area contributed by atoms with Gasteiger partial charge in [0.2, 0.25) is 5.91 Å². The Kier molecular flexibility index (Phi) is 7.89. The molecule has 0 aromatic carbocycles. The number of nitrogens with zero attached hydrogens (tertiary/aromatic N) is 3. The molecule has 1 aromatic rings. The molecule has 0 aliphatic rings. The number of rotatable bonds is 6. The lowest BCUT2D eigenvalue weighted by atomic mass is 10.3. The van der Waals surface area contributed by atoms with Crippen LogP contribution in [-0.2, 0) is 11.3 Å². The minimum absolute atomic E-state index is 0.00396. The van der Waals surface area contributed by atoms with Crippen LogP contribution in [0.3, 0.4) is 0 Å². The Bertz CT molecular complexity index is 515. The highest BCUT2D eigenvalue weighted by atomic mass is 79.9. The molecule has 1 aromatic heterocycles. The Morgan fingerprint density at radius 3 is 2.59 bits per heavy atom. The van der Waals surface area contributed by atoms with Crippen molar-refractivity contribution in [3.8, 4) is 0 Å². The van der Waals surface area contributed by atoms with Crippen molar-refractivity contribution in [3.05, 3.63) is 20.8 Å².